The van der Waals surface area contributed by atoms with Gasteiger partial charge < -0.3 is 10.1 Å². The van der Waals surface area contributed by atoms with Gasteiger partial charge in [-0.2, -0.15) is 0 Å². The summed E-state index contributed by atoms with van der Waals surface area (Å²) in [6.45, 7) is 4.98. The van der Waals surface area contributed by atoms with Gasteiger partial charge in [-0.25, -0.2) is 4.98 Å². The second kappa shape index (κ2) is 5.50. The highest BCUT2D eigenvalue weighted by molar-refractivity contribution is 7.15. The number of hydrogen-bond acceptors (Lipinski definition) is 4. The Kier molecular flexibility index (Phi) is 3.99. The van der Waals surface area contributed by atoms with E-state index in [-0.39, 0.29) is 0 Å². The molecule has 96 valence electrons. The third-order valence-corrected chi connectivity index (χ3v) is 3.80. The summed E-state index contributed by atoms with van der Waals surface area (Å²) >= 11 is 1.70. The van der Waals surface area contributed by atoms with Crippen molar-refractivity contribution in [2.24, 2.45) is 0 Å². The van der Waals surface area contributed by atoms with Crippen LogP contribution in [0.4, 0.5) is 0 Å². The largest absolute Gasteiger partial charge is 0.496 e. The highest BCUT2D eigenvalue weighted by atomic mass is 32.1. The zero-order valence-electron chi connectivity index (χ0n) is 11.2. The Morgan fingerprint density at radius 3 is 2.78 bits per heavy atom. The van der Waals surface area contributed by atoms with E-state index >= 15 is 0 Å². The Morgan fingerprint density at radius 1 is 1.33 bits per heavy atom. The number of rotatable bonds is 4. The van der Waals surface area contributed by atoms with Gasteiger partial charge in [0.2, 0.25) is 0 Å². The number of methoxy groups -OCH3 is 1. The first-order chi connectivity index (χ1) is 8.65. The summed E-state index contributed by atoms with van der Waals surface area (Å²) in [5.74, 6) is 0.945. The molecule has 2 rings (SSSR count). The average molecular weight is 262 g/mol. The third-order valence-electron chi connectivity index (χ3n) is 2.77. The first kappa shape index (κ1) is 13.1. The molecule has 0 fully saturated rings. The zero-order valence-corrected chi connectivity index (χ0v) is 12.0. The Labute approximate surface area is 112 Å². The number of nitrogens with zero attached hydrogens (tertiary/aromatic N) is 1. The monoisotopic (exact) mass is 262 g/mol. The van der Waals surface area contributed by atoms with Crippen LogP contribution in [0, 0.1) is 13.8 Å². The van der Waals surface area contributed by atoms with E-state index in [9.17, 15) is 0 Å². The van der Waals surface area contributed by atoms with E-state index in [0.29, 0.717) is 0 Å². The molecular formula is C14H18N2OS. The first-order valence-corrected chi connectivity index (χ1v) is 6.72. The number of ether oxygens (including phenoxy) is 1. The Balaban J connectivity index is 2.48. The fraction of sp³-hybridized carbons (Fsp3) is 0.357. The van der Waals surface area contributed by atoms with Crippen LogP contribution in [0.25, 0.3) is 10.4 Å². The summed E-state index contributed by atoms with van der Waals surface area (Å²) in [6, 6.07) is 4.29. The summed E-state index contributed by atoms with van der Waals surface area (Å²) < 4.78 is 5.52. The van der Waals surface area contributed by atoms with Gasteiger partial charge in [0.05, 0.1) is 12.0 Å². The summed E-state index contributed by atoms with van der Waals surface area (Å²) in [5.41, 5.74) is 3.54. The summed E-state index contributed by atoms with van der Waals surface area (Å²) in [6.07, 6.45) is 1.92. The van der Waals surface area contributed by atoms with Gasteiger partial charge in [-0.15, -0.1) is 11.3 Å². The lowest BCUT2D eigenvalue weighted by Crippen LogP contribution is -2.03. The van der Waals surface area contributed by atoms with Gasteiger partial charge >= 0.3 is 0 Å². The first-order valence-electron chi connectivity index (χ1n) is 5.90. The molecule has 0 aliphatic heterocycles. The van der Waals surface area contributed by atoms with Crippen LogP contribution in [0.5, 0.6) is 5.75 Å². The van der Waals surface area contributed by atoms with Gasteiger partial charge in [0.15, 0.2) is 0 Å². The second-order valence-electron chi connectivity index (χ2n) is 4.31. The maximum Gasteiger partial charge on any atom is 0.130 e. The normalized spacial score (nSPS) is 10.7. The van der Waals surface area contributed by atoms with E-state index in [2.05, 4.69) is 36.3 Å². The van der Waals surface area contributed by atoms with Crippen molar-refractivity contribution < 1.29 is 4.74 Å². The molecular weight excluding hydrogens is 244 g/mol. The molecule has 1 aromatic heterocycles. The number of nitrogens with one attached hydrogen (secondary N) is 1. The molecule has 0 saturated heterocycles. The van der Waals surface area contributed by atoms with Crippen molar-refractivity contribution in [2.45, 2.75) is 20.4 Å². The molecule has 2 aromatic rings. The van der Waals surface area contributed by atoms with Crippen LogP contribution in [-0.4, -0.2) is 19.1 Å². The Hall–Kier alpha value is -1.39. The molecule has 3 nitrogen and oxygen atoms in total. The minimum Gasteiger partial charge on any atom is -0.496 e. The maximum atomic E-state index is 5.52. The van der Waals surface area contributed by atoms with E-state index in [1.54, 1.807) is 18.4 Å². The SMILES string of the molecule is CNCc1ncc(-c2cc(C)cc(C)c2OC)s1. The van der Waals surface area contributed by atoms with Crippen LogP contribution in [-0.2, 0) is 6.54 Å². The van der Waals surface area contributed by atoms with E-state index in [1.165, 1.54) is 5.56 Å². The molecule has 0 bridgehead atoms. The molecule has 4 heteroatoms. The lowest BCUT2D eigenvalue weighted by Gasteiger charge is -2.11. The molecule has 1 heterocycles. The van der Waals surface area contributed by atoms with E-state index in [4.69, 9.17) is 4.74 Å². The Bertz CT molecular complexity index is 549. The molecule has 0 unspecified atom stereocenters. The smallest absolute Gasteiger partial charge is 0.130 e. The molecule has 0 radical (unpaired) electrons. The van der Waals surface area contributed by atoms with Crippen LogP contribution in [0.1, 0.15) is 16.1 Å². The Morgan fingerprint density at radius 2 is 2.11 bits per heavy atom. The van der Waals surface area contributed by atoms with Crippen molar-refractivity contribution in [3.8, 4) is 16.2 Å². The summed E-state index contributed by atoms with van der Waals surface area (Å²) in [7, 11) is 3.65. The van der Waals surface area contributed by atoms with Crippen molar-refractivity contribution in [1.82, 2.24) is 10.3 Å². The van der Waals surface area contributed by atoms with Gasteiger partial charge in [-0.3, -0.25) is 0 Å². The standard InChI is InChI=1S/C14H18N2OS/c1-9-5-10(2)14(17-4)11(6-9)12-7-16-13(18-12)8-15-3/h5-7,15H,8H2,1-4H3. The fourth-order valence-corrected chi connectivity index (χ4v) is 3.02. The zero-order chi connectivity index (χ0) is 13.1. The van der Waals surface area contributed by atoms with Crippen LogP contribution >= 0.6 is 11.3 Å². The molecule has 0 aliphatic rings. The van der Waals surface area contributed by atoms with Crippen molar-refractivity contribution in [2.75, 3.05) is 14.2 Å². The van der Waals surface area contributed by atoms with E-state index in [1.807, 2.05) is 13.2 Å². The second-order valence-corrected chi connectivity index (χ2v) is 5.43. The summed E-state index contributed by atoms with van der Waals surface area (Å²) in [5, 5.41) is 4.21. The quantitative estimate of drug-likeness (QED) is 0.919. The van der Waals surface area contributed by atoms with Crippen molar-refractivity contribution in [3.63, 3.8) is 0 Å². The maximum absolute atomic E-state index is 5.52. The van der Waals surface area contributed by atoms with E-state index < -0.39 is 0 Å². The lowest BCUT2D eigenvalue weighted by molar-refractivity contribution is 0.413. The predicted octanol–water partition coefficient (Wildman–Crippen LogP) is 3.15. The highest BCUT2D eigenvalue weighted by Crippen LogP contribution is 2.36. The number of hydrogen-bond donors (Lipinski definition) is 1. The van der Waals surface area contributed by atoms with Gasteiger partial charge in [0, 0.05) is 18.3 Å². The van der Waals surface area contributed by atoms with Crippen LogP contribution < -0.4 is 10.1 Å². The van der Waals surface area contributed by atoms with Crippen LogP contribution in [0.3, 0.4) is 0 Å². The minimum absolute atomic E-state index is 0.803. The molecule has 0 saturated carbocycles. The molecule has 0 amide bonds. The molecule has 0 spiro atoms. The average Bonchev–Trinajstić information content (AvgIpc) is 2.77. The lowest BCUT2D eigenvalue weighted by atomic mass is 10.0. The fourth-order valence-electron chi connectivity index (χ4n) is 2.08. The predicted molar refractivity (Wildman–Crippen MR) is 76.3 cm³/mol. The molecule has 1 aromatic carbocycles. The molecule has 18 heavy (non-hydrogen) atoms. The minimum atomic E-state index is 0.803. The number of thiazole rings is 1. The number of benzene rings is 1. The van der Waals surface area contributed by atoms with Crippen LogP contribution in [0.2, 0.25) is 0 Å². The number of aromatic nitrogens is 1. The van der Waals surface area contributed by atoms with Gasteiger partial charge in [-0.1, -0.05) is 6.07 Å². The van der Waals surface area contributed by atoms with Crippen molar-refractivity contribution >= 4 is 11.3 Å². The van der Waals surface area contributed by atoms with Crippen molar-refractivity contribution in [1.29, 1.82) is 0 Å². The molecule has 0 atom stereocenters. The van der Waals surface area contributed by atoms with E-state index in [0.717, 1.165) is 33.3 Å². The van der Waals surface area contributed by atoms with Crippen LogP contribution in [0.15, 0.2) is 18.3 Å². The van der Waals surface area contributed by atoms with Gasteiger partial charge in [0.25, 0.3) is 0 Å². The topological polar surface area (TPSA) is 34.2 Å². The highest BCUT2D eigenvalue weighted by Gasteiger charge is 2.12. The van der Waals surface area contributed by atoms with Crippen molar-refractivity contribution in [3.05, 3.63) is 34.5 Å². The van der Waals surface area contributed by atoms with Gasteiger partial charge in [-0.05, 0) is 38.1 Å². The molecule has 1 N–H and O–H groups in total. The summed E-state index contributed by atoms with van der Waals surface area (Å²) in [4.78, 5) is 5.57. The van der Waals surface area contributed by atoms with Gasteiger partial charge in [0.1, 0.15) is 10.8 Å². The third kappa shape index (κ3) is 2.54. The number of aryl methyl sites for hydroxylation is 2. The molecule has 0 aliphatic carbocycles.